The van der Waals surface area contributed by atoms with Crippen LogP contribution in [0.25, 0.3) is 10.9 Å². The normalized spacial score (nSPS) is 16.4. The topological polar surface area (TPSA) is 92.6 Å². The Labute approximate surface area is 198 Å². The highest BCUT2D eigenvalue weighted by Crippen LogP contribution is 2.35. The smallest absolute Gasteiger partial charge is 0.163 e. The lowest BCUT2D eigenvalue weighted by atomic mass is 10.2. The van der Waals surface area contributed by atoms with E-state index in [2.05, 4.69) is 15.3 Å². The van der Waals surface area contributed by atoms with E-state index in [-0.39, 0.29) is 6.10 Å². The van der Waals surface area contributed by atoms with Crippen molar-refractivity contribution in [1.82, 2.24) is 14.9 Å². The van der Waals surface area contributed by atoms with Gasteiger partial charge in [-0.3, -0.25) is 5.41 Å². The van der Waals surface area contributed by atoms with E-state index in [0.29, 0.717) is 47.9 Å². The Bertz CT molecular complexity index is 1160. The zero-order valence-corrected chi connectivity index (χ0v) is 19.8. The van der Waals surface area contributed by atoms with Gasteiger partial charge in [0.1, 0.15) is 24.9 Å². The van der Waals surface area contributed by atoms with Crippen LogP contribution in [-0.2, 0) is 4.74 Å². The Balaban J connectivity index is 1.56. The number of methoxy groups -OCH3 is 1. The summed E-state index contributed by atoms with van der Waals surface area (Å²) < 4.78 is 17.6. The summed E-state index contributed by atoms with van der Waals surface area (Å²) >= 11 is 6.27. The lowest BCUT2D eigenvalue weighted by molar-refractivity contribution is 0.0258. The number of halogens is 1. The number of hydrogen-bond acceptors (Lipinski definition) is 7. The van der Waals surface area contributed by atoms with Gasteiger partial charge in [-0.2, -0.15) is 0 Å². The van der Waals surface area contributed by atoms with Gasteiger partial charge in [0.05, 0.1) is 18.5 Å². The maximum atomic E-state index is 7.93. The van der Waals surface area contributed by atoms with Gasteiger partial charge in [-0.25, -0.2) is 9.97 Å². The predicted octanol–water partition coefficient (Wildman–Crippen LogP) is 4.81. The Morgan fingerprint density at radius 1 is 1.27 bits per heavy atom. The second-order valence-corrected chi connectivity index (χ2v) is 8.43. The van der Waals surface area contributed by atoms with Crippen molar-refractivity contribution in [1.29, 1.82) is 5.41 Å². The van der Waals surface area contributed by atoms with Crippen LogP contribution < -0.4 is 14.8 Å². The average Bonchev–Trinajstić information content (AvgIpc) is 3.06. The standard InChI is InChI=1S/C24H28ClN5O3/c1-15-5-6-17(9-20(15)25)29-24-19-10-22(31-3)23(11-21(19)27-14-28-24)33-13-18-12-30(16(2)26)7-4-8-32-18/h5-6,9-11,14,18,26H,4,7-8,12-13H2,1-3H3,(H,27,28,29). The summed E-state index contributed by atoms with van der Waals surface area (Å²) in [5.74, 6) is 2.35. The zero-order chi connectivity index (χ0) is 23.4. The maximum Gasteiger partial charge on any atom is 0.163 e. The third-order valence-electron chi connectivity index (χ3n) is 5.60. The Kier molecular flexibility index (Phi) is 7.15. The third kappa shape index (κ3) is 5.46. The molecule has 1 fully saturated rings. The quantitative estimate of drug-likeness (QED) is 0.395. The number of aryl methyl sites for hydroxylation is 1. The summed E-state index contributed by atoms with van der Waals surface area (Å²) in [6.07, 6.45) is 2.27. The van der Waals surface area contributed by atoms with Crippen LogP contribution in [0, 0.1) is 12.3 Å². The first-order valence-corrected chi connectivity index (χ1v) is 11.2. The Morgan fingerprint density at radius 3 is 2.88 bits per heavy atom. The first kappa shape index (κ1) is 23.1. The fourth-order valence-electron chi connectivity index (χ4n) is 3.73. The first-order chi connectivity index (χ1) is 15.9. The Morgan fingerprint density at radius 2 is 2.12 bits per heavy atom. The van der Waals surface area contributed by atoms with E-state index in [1.54, 1.807) is 14.0 Å². The summed E-state index contributed by atoms with van der Waals surface area (Å²) in [5, 5.41) is 12.7. The monoisotopic (exact) mass is 469 g/mol. The largest absolute Gasteiger partial charge is 0.493 e. The molecule has 33 heavy (non-hydrogen) atoms. The highest BCUT2D eigenvalue weighted by Gasteiger charge is 2.21. The van der Waals surface area contributed by atoms with E-state index >= 15 is 0 Å². The molecule has 8 nitrogen and oxygen atoms in total. The van der Waals surface area contributed by atoms with Crippen molar-refractivity contribution in [3.05, 3.63) is 47.2 Å². The van der Waals surface area contributed by atoms with Crippen LogP contribution in [0.1, 0.15) is 18.9 Å². The van der Waals surface area contributed by atoms with Gasteiger partial charge < -0.3 is 24.4 Å². The number of nitrogens with zero attached hydrogens (tertiary/aromatic N) is 3. The van der Waals surface area contributed by atoms with E-state index in [0.717, 1.165) is 35.1 Å². The van der Waals surface area contributed by atoms with Crippen LogP contribution >= 0.6 is 11.6 Å². The highest BCUT2D eigenvalue weighted by molar-refractivity contribution is 6.31. The number of hydrogen-bond donors (Lipinski definition) is 2. The van der Waals surface area contributed by atoms with Crippen LogP contribution in [0.15, 0.2) is 36.7 Å². The SMILES string of the molecule is COc1cc2c(Nc3ccc(C)c(Cl)c3)ncnc2cc1OCC1CN(C(C)=N)CCCO1. The molecular weight excluding hydrogens is 442 g/mol. The second kappa shape index (κ2) is 10.2. The minimum Gasteiger partial charge on any atom is -0.493 e. The van der Waals surface area contributed by atoms with Gasteiger partial charge in [0.25, 0.3) is 0 Å². The molecule has 0 aliphatic carbocycles. The van der Waals surface area contributed by atoms with Gasteiger partial charge >= 0.3 is 0 Å². The van der Waals surface area contributed by atoms with Gasteiger partial charge in [0, 0.05) is 41.9 Å². The fourth-order valence-corrected chi connectivity index (χ4v) is 3.91. The van der Waals surface area contributed by atoms with Crippen molar-refractivity contribution in [2.75, 3.05) is 38.7 Å². The van der Waals surface area contributed by atoms with Crippen molar-refractivity contribution in [2.45, 2.75) is 26.4 Å². The number of rotatable bonds is 6. The minimum atomic E-state index is -0.137. The molecule has 2 heterocycles. The van der Waals surface area contributed by atoms with Crippen molar-refractivity contribution >= 4 is 39.8 Å². The van der Waals surface area contributed by atoms with Crippen LogP contribution in [0.5, 0.6) is 11.5 Å². The number of benzene rings is 2. The molecule has 4 rings (SSSR count). The van der Waals surface area contributed by atoms with E-state index < -0.39 is 0 Å². The van der Waals surface area contributed by atoms with Gasteiger partial charge in [0.2, 0.25) is 0 Å². The van der Waals surface area contributed by atoms with Gasteiger partial charge in [0.15, 0.2) is 11.5 Å². The maximum absolute atomic E-state index is 7.93. The van der Waals surface area contributed by atoms with E-state index in [1.165, 1.54) is 6.33 Å². The fraction of sp³-hybridized carbons (Fsp3) is 0.375. The molecule has 2 N–H and O–H groups in total. The van der Waals surface area contributed by atoms with Crippen molar-refractivity contribution < 1.29 is 14.2 Å². The summed E-state index contributed by atoms with van der Waals surface area (Å²) in [5.41, 5.74) is 2.57. The lowest BCUT2D eigenvalue weighted by Gasteiger charge is -2.24. The molecule has 174 valence electrons. The van der Waals surface area contributed by atoms with Gasteiger partial charge in [-0.15, -0.1) is 0 Å². The summed E-state index contributed by atoms with van der Waals surface area (Å²) in [4.78, 5) is 10.8. The molecule has 0 bridgehead atoms. The summed E-state index contributed by atoms with van der Waals surface area (Å²) in [6.45, 7) is 6.21. The minimum absolute atomic E-state index is 0.137. The first-order valence-electron chi connectivity index (χ1n) is 10.8. The molecule has 1 aliphatic rings. The molecule has 0 radical (unpaired) electrons. The van der Waals surface area contributed by atoms with Crippen molar-refractivity contribution in [2.24, 2.45) is 0 Å². The number of anilines is 2. The van der Waals surface area contributed by atoms with Gasteiger partial charge in [-0.1, -0.05) is 17.7 Å². The number of ether oxygens (including phenoxy) is 3. The van der Waals surface area contributed by atoms with Crippen LogP contribution in [0.3, 0.4) is 0 Å². The molecular formula is C24H28ClN5O3. The van der Waals surface area contributed by atoms with Gasteiger partial charge in [-0.05, 0) is 44.0 Å². The number of fused-ring (bicyclic) bond motifs is 1. The second-order valence-electron chi connectivity index (χ2n) is 8.02. The zero-order valence-electron chi connectivity index (χ0n) is 19.0. The molecule has 1 unspecified atom stereocenters. The molecule has 2 aromatic carbocycles. The Hall–Kier alpha value is -3.10. The molecule has 3 aromatic rings. The number of amidine groups is 1. The van der Waals surface area contributed by atoms with E-state index in [4.69, 9.17) is 31.2 Å². The summed E-state index contributed by atoms with van der Waals surface area (Å²) in [7, 11) is 1.60. The molecule has 0 amide bonds. The number of aromatic nitrogens is 2. The van der Waals surface area contributed by atoms with Crippen LogP contribution in [0.4, 0.5) is 11.5 Å². The molecule has 1 atom stereocenters. The molecule has 1 saturated heterocycles. The molecule has 1 aromatic heterocycles. The lowest BCUT2D eigenvalue weighted by Crippen LogP contribution is -2.37. The molecule has 0 spiro atoms. The third-order valence-corrected chi connectivity index (χ3v) is 6.01. The predicted molar refractivity (Wildman–Crippen MR) is 130 cm³/mol. The number of nitrogens with one attached hydrogen (secondary N) is 2. The van der Waals surface area contributed by atoms with Crippen LogP contribution in [0.2, 0.25) is 5.02 Å². The summed E-state index contributed by atoms with van der Waals surface area (Å²) in [6, 6.07) is 9.49. The van der Waals surface area contributed by atoms with Crippen LogP contribution in [-0.4, -0.2) is 60.2 Å². The molecule has 0 saturated carbocycles. The van der Waals surface area contributed by atoms with E-state index in [9.17, 15) is 0 Å². The molecule has 1 aliphatic heterocycles. The molecule has 9 heteroatoms. The van der Waals surface area contributed by atoms with E-state index in [1.807, 2.05) is 42.2 Å². The average molecular weight is 470 g/mol. The highest BCUT2D eigenvalue weighted by atomic mass is 35.5. The van der Waals surface area contributed by atoms with Crippen molar-refractivity contribution in [3.8, 4) is 11.5 Å². The van der Waals surface area contributed by atoms with Crippen molar-refractivity contribution in [3.63, 3.8) is 0 Å².